The molecule has 146 valence electrons. The molecule has 1 heterocycles. The Hall–Kier alpha value is -3.05. The molecule has 0 aliphatic rings. The van der Waals surface area contributed by atoms with Gasteiger partial charge >= 0.3 is 0 Å². The summed E-state index contributed by atoms with van der Waals surface area (Å²) < 4.78 is 16.8. The first-order chi connectivity index (χ1) is 13.6. The highest BCUT2D eigenvalue weighted by Gasteiger charge is 2.05. The third kappa shape index (κ3) is 5.72. The first kappa shape index (κ1) is 19.7. The van der Waals surface area contributed by atoms with Gasteiger partial charge in [-0.15, -0.1) is 0 Å². The summed E-state index contributed by atoms with van der Waals surface area (Å²) in [5, 5.41) is 3.44. The highest BCUT2D eigenvalue weighted by molar-refractivity contribution is 5.34. The number of nitrogens with zero attached hydrogens (tertiary/aromatic N) is 1. The van der Waals surface area contributed by atoms with Crippen LogP contribution in [-0.4, -0.2) is 18.2 Å². The number of benzene rings is 2. The SMILES string of the molecule is COc1ccc(Oc2ccc(CNCc3ccccc3OC(C)C)cn2)cc1. The Morgan fingerprint density at radius 1 is 0.893 bits per heavy atom. The van der Waals surface area contributed by atoms with Crippen molar-refractivity contribution < 1.29 is 14.2 Å². The predicted octanol–water partition coefficient (Wildman–Crippen LogP) is 4.96. The molecule has 5 nitrogen and oxygen atoms in total. The van der Waals surface area contributed by atoms with Crippen molar-refractivity contribution in [3.63, 3.8) is 0 Å². The van der Waals surface area contributed by atoms with E-state index in [0.717, 1.165) is 34.9 Å². The molecule has 0 bridgehead atoms. The second-order valence-corrected chi connectivity index (χ2v) is 6.66. The zero-order valence-corrected chi connectivity index (χ0v) is 16.5. The molecule has 0 saturated heterocycles. The third-order valence-corrected chi connectivity index (χ3v) is 4.06. The number of methoxy groups -OCH3 is 1. The van der Waals surface area contributed by atoms with Crippen molar-refractivity contribution in [2.75, 3.05) is 7.11 Å². The summed E-state index contributed by atoms with van der Waals surface area (Å²) in [5.41, 5.74) is 2.23. The van der Waals surface area contributed by atoms with Crippen LogP contribution in [0.2, 0.25) is 0 Å². The van der Waals surface area contributed by atoms with E-state index in [-0.39, 0.29) is 6.10 Å². The Balaban J connectivity index is 1.52. The van der Waals surface area contributed by atoms with Gasteiger partial charge in [0.2, 0.25) is 5.88 Å². The molecule has 0 atom stereocenters. The normalized spacial score (nSPS) is 10.7. The lowest BCUT2D eigenvalue weighted by molar-refractivity contribution is 0.239. The minimum absolute atomic E-state index is 0.156. The molecule has 3 rings (SSSR count). The van der Waals surface area contributed by atoms with Crippen molar-refractivity contribution in [2.24, 2.45) is 0 Å². The van der Waals surface area contributed by atoms with Gasteiger partial charge in [-0.2, -0.15) is 0 Å². The molecule has 2 aromatic carbocycles. The number of para-hydroxylation sites is 1. The number of pyridine rings is 1. The minimum Gasteiger partial charge on any atom is -0.497 e. The van der Waals surface area contributed by atoms with Gasteiger partial charge in [0.05, 0.1) is 13.2 Å². The van der Waals surface area contributed by atoms with E-state index in [2.05, 4.69) is 16.4 Å². The molecule has 3 aromatic rings. The number of rotatable bonds is 9. The van der Waals surface area contributed by atoms with Crippen LogP contribution in [0.25, 0.3) is 0 Å². The molecule has 0 amide bonds. The molecule has 0 aliphatic carbocycles. The average molecular weight is 378 g/mol. The van der Waals surface area contributed by atoms with Crippen LogP contribution in [0.5, 0.6) is 23.1 Å². The van der Waals surface area contributed by atoms with Gasteiger partial charge < -0.3 is 19.5 Å². The lowest BCUT2D eigenvalue weighted by Gasteiger charge is -2.14. The summed E-state index contributed by atoms with van der Waals surface area (Å²) in [4.78, 5) is 4.38. The Labute approximate surface area is 166 Å². The van der Waals surface area contributed by atoms with E-state index in [1.807, 2.05) is 74.6 Å². The van der Waals surface area contributed by atoms with E-state index in [0.29, 0.717) is 12.4 Å². The van der Waals surface area contributed by atoms with E-state index < -0.39 is 0 Å². The van der Waals surface area contributed by atoms with Gasteiger partial charge in [-0.05, 0) is 49.7 Å². The van der Waals surface area contributed by atoms with Crippen LogP contribution >= 0.6 is 0 Å². The highest BCUT2D eigenvalue weighted by Crippen LogP contribution is 2.22. The fourth-order valence-corrected chi connectivity index (χ4v) is 2.70. The van der Waals surface area contributed by atoms with Crippen molar-refractivity contribution in [1.29, 1.82) is 0 Å². The number of hydrogen-bond acceptors (Lipinski definition) is 5. The van der Waals surface area contributed by atoms with Crippen molar-refractivity contribution >= 4 is 0 Å². The summed E-state index contributed by atoms with van der Waals surface area (Å²) in [7, 11) is 1.64. The van der Waals surface area contributed by atoms with Crippen LogP contribution in [0.3, 0.4) is 0 Å². The van der Waals surface area contributed by atoms with E-state index in [1.54, 1.807) is 7.11 Å². The quantitative estimate of drug-likeness (QED) is 0.570. The zero-order valence-electron chi connectivity index (χ0n) is 16.5. The van der Waals surface area contributed by atoms with Crippen LogP contribution in [0, 0.1) is 0 Å². The van der Waals surface area contributed by atoms with Crippen LogP contribution < -0.4 is 19.5 Å². The van der Waals surface area contributed by atoms with Crippen LogP contribution in [0.15, 0.2) is 66.9 Å². The molecule has 0 fully saturated rings. The topological polar surface area (TPSA) is 52.6 Å². The van der Waals surface area contributed by atoms with Gasteiger partial charge in [-0.1, -0.05) is 24.3 Å². The Morgan fingerprint density at radius 2 is 1.64 bits per heavy atom. The molecule has 1 N–H and O–H groups in total. The Morgan fingerprint density at radius 3 is 2.32 bits per heavy atom. The molecule has 0 aliphatic heterocycles. The van der Waals surface area contributed by atoms with E-state index in [4.69, 9.17) is 14.2 Å². The molecule has 0 unspecified atom stereocenters. The largest absolute Gasteiger partial charge is 0.497 e. The predicted molar refractivity (Wildman–Crippen MR) is 110 cm³/mol. The highest BCUT2D eigenvalue weighted by atomic mass is 16.5. The van der Waals surface area contributed by atoms with E-state index in [9.17, 15) is 0 Å². The molecule has 0 saturated carbocycles. The molecule has 28 heavy (non-hydrogen) atoms. The number of ether oxygens (including phenoxy) is 3. The molecular formula is C23H26N2O3. The van der Waals surface area contributed by atoms with Crippen molar-refractivity contribution in [2.45, 2.75) is 33.0 Å². The van der Waals surface area contributed by atoms with Gasteiger partial charge in [-0.3, -0.25) is 0 Å². The lowest BCUT2D eigenvalue weighted by atomic mass is 10.2. The van der Waals surface area contributed by atoms with Crippen molar-refractivity contribution in [3.8, 4) is 23.1 Å². The monoisotopic (exact) mass is 378 g/mol. The first-order valence-corrected chi connectivity index (χ1v) is 9.36. The summed E-state index contributed by atoms with van der Waals surface area (Å²) in [6, 6.07) is 19.4. The lowest BCUT2D eigenvalue weighted by Crippen LogP contribution is -2.15. The number of aromatic nitrogens is 1. The third-order valence-electron chi connectivity index (χ3n) is 4.06. The van der Waals surface area contributed by atoms with E-state index >= 15 is 0 Å². The van der Waals surface area contributed by atoms with Gasteiger partial charge in [0.1, 0.15) is 17.2 Å². The first-order valence-electron chi connectivity index (χ1n) is 9.36. The standard InChI is InChI=1S/C23H26N2O3/c1-17(2)27-22-7-5-4-6-19(22)16-24-14-18-8-13-23(25-15-18)28-21-11-9-20(26-3)10-12-21/h4-13,15,17,24H,14,16H2,1-3H3. The van der Waals surface area contributed by atoms with Crippen LogP contribution in [0.4, 0.5) is 0 Å². The fraction of sp³-hybridized carbons (Fsp3) is 0.261. The van der Waals surface area contributed by atoms with Gasteiger partial charge in [0, 0.05) is 30.9 Å². The second-order valence-electron chi connectivity index (χ2n) is 6.66. The van der Waals surface area contributed by atoms with Crippen molar-refractivity contribution in [1.82, 2.24) is 10.3 Å². The summed E-state index contributed by atoms with van der Waals surface area (Å²) in [6.07, 6.45) is 1.98. The van der Waals surface area contributed by atoms with Gasteiger partial charge in [-0.25, -0.2) is 4.98 Å². The summed E-state index contributed by atoms with van der Waals surface area (Å²) >= 11 is 0. The summed E-state index contributed by atoms with van der Waals surface area (Å²) in [5.74, 6) is 3.00. The number of nitrogens with one attached hydrogen (secondary N) is 1. The van der Waals surface area contributed by atoms with Gasteiger partial charge in [0.25, 0.3) is 0 Å². The molecule has 0 radical (unpaired) electrons. The van der Waals surface area contributed by atoms with Crippen molar-refractivity contribution in [3.05, 3.63) is 78.0 Å². The Bertz CT molecular complexity index is 862. The molecule has 5 heteroatoms. The minimum atomic E-state index is 0.156. The molecule has 1 aromatic heterocycles. The Kier molecular flexibility index (Phi) is 6.87. The van der Waals surface area contributed by atoms with E-state index in [1.165, 1.54) is 0 Å². The second kappa shape index (κ2) is 9.76. The smallest absolute Gasteiger partial charge is 0.219 e. The summed E-state index contributed by atoms with van der Waals surface area (Å²) in [6.45, 7) is 5.51. The van der Waals surface area contributed by atoms with Crippen LogP contribution in [0.1, 0.15) is 25.0 Å². The molecular weight excluding hydrogens is 352 g/mol. The maximum atomic E-state index is 5.86. The maximum absolute atomic E-state index is 5.86. The zero-order chi connectivity index (χ0) is 19.8. The maximum Gasteiger partial charge on any atom is 0.219 e. The number of hydrogen-bond donors (Lipinski definition) is 1. The molecule has 0 spiro atoms. The van der Waals surface area contributed by atoms with Gasteiger partial charge in [0.15, 0.2) is 0 Å². The average Bonchev–Trinajstić information content (AvgIpc) is 2.71. The fourth-order valence-electron chi connectivity index (χ4n) is 2.70. The van der Waals surface area contributed by atoms with Crippen LogP contribution in [-0.2, 0) is 13.1 Å².